The van der Waals surface area contributed by atoms with Crippen LogP contribution in [-0.4, -0.2) is 101 Å². The van der Waals surface area contributed by atoms with Crippen LogP contribution in [0.5, 0.6) is 0 Å². The maximum atomic E-state index is 13.7. The van der Waals surface area contributed by atoms with Crippen LogP contribution >= 0.6 is 0 Å². The van der Waals surface area contributed by atoms with Gasteiger partial charge in [0.1, 0.15) is 24.2 Å². The summed E-state index contributed by atoms with van der Waals surface area (Å²) in [5.41, 5.74) is 28.1. The van der Waals surface area contributed by atoms with E-state index in [2.05, 4.69) is 31.3 Å². The number of rotatable bonds is 23. The Morgan fingerprint density at radius 3 is 1.68 bits per heavy atom. The molecule has 0 spiro atoms. The summed E-state index contributed by atoms with van der Waals surface area (Å²) < 4.78 is 0. The van der Waals surface area contributed by atoms with Crippen molar-refractivity contribution in [3.8, 4) is 0 Å². The molecule has 0 saturated heterocycles. The molecule has 0 aliphatic rings. The van der Waals surface area contributed by atoms with Crippen LogP contribution in [0.25, 0.3) is 0 Å². The van der Waals surface area contributed by atoms with Gasteiger partial charge in [-0.2, -0.15) is 0 Å². The number of aliphatic imine (C=N–C) groups is 2. The zero-order chi connectivity index (χ0) is 37.8. The lowest BCUT2D eigenvalue weighted by atomic mass is 10.0. The van der Waals surface area contributed by atoms with Crippen LogP contribution in [0.2, 0.25) is 0 Å². The third-order valence-corrected chi connectivity index (χ3v) is 7.13. The second kappa shape index (κ2) is 22.2. The van der Waals surface area contributed by atoms with Gasteiger partial charge >= 0.3 is 11.9 Å². The molecule has 0 aliphatic heterocycles. The molecular formula is C31H51N11O8. The Bertz CT molecular complexity index is 1350. The fourth-order valence-electron chi connectivity index (χ4n) is 4.66. The van der Waals surface area contributed by atoms with Crippen LogP contribution < -0.4 is 49.9 Å². The molecule has 0 aromatic heterocycles. The number of carboxylic acid groups (broad SMARTS) is 2. The smallest absolute Gasteiger partial charge is 0.326 e. The van der Waals surface area contributed by atoms with Crippen molar-refractivity contribution < 1.29 is 39.0 Å². The van der Waals surface area contributed by atoms with Crippen LogP contribution in [0.15, 0.2) is 40.3 Å². The van der Waals surface area contributed by atoms with E-state index in [1.54, 1.807) is 30.3 Å². The molecule has 1 aromatic rings. The first-order valence-corrected chi connectivity index (χ1v) is 16.1. The summed E-state index contributed by atoms with van der Waals surface area (Å²) in [5.74, 6) is -6.44. The lowest BCUT2D eigenvalue weighted by Crippen LogP contribution is -2.59. The minimum absolute atomic E-state index is 0.00253. The minimum Gasteiger partial charge on any atom is -0.481 e. The predicted molar refractivity (Wildman–Crippen MR) is 185 cm³/mol. The van der Waals surface area contributed by atoms with Crippen molar-refractivity contribution in [2.45, 2.75) is 89.0 Å². The molecule has 0 aliphatic carbocycles. The highest BCUT2D eigenvalue weighted by molar-refractivity contribution is 5.96. The highest BCUT2D eigenvalue weighted by Gasteiger charge is 2.32. The van der Waals surface area contributed by atoms with Crippen molar-refractivity contribution in [2.75, 3.05) is 13.1 Å². The molecule has 19 heteroatoms. The first kappa shape index (κ1) is 42.6. The zero-order valence-electron chi connectivity index (χ0n) is 28.3. The topological polar surface area (TPSA) is 346 Å². The predicted octanol–water partition coefficient (Wildman–Crippen LogP) is -2.79. The van der Waals surface area contributed by atoms with E-state index in [4.69, 9.17) is 33.8 Å². The fraction of sp³-hybridized carbons (Fsp3) is 0.548. The van der Waals surface area contributed by atoms with Crippen molar-refractivity contribution in [3.63, 3.8) is 0 Å². The summed E-state index contributed by atoms with van der Waals surface area (Å²) in [5, 5.41) is 28.6. The van der Waals surface area contributed by atoms with E-state index in [9.17, 15) is 33.9 Å². The van der Waals surface area contributed by atoms with E-state index in [0.29, 0.717) is 12.0 Å². The fourth-order valence-corrected chi connectivity index (χ4v) is 4.66. The Balaban J connectivity index is 3.28. The quantitative estimate of drug-likeness (QED) is 0.0312. The van der Waals surface area contributed by atoms with E-state index in [-0.39, 0.29) is 63.0 Å². The zero-order valence-corrected chi connectivity index (χ0v) is 28.3. The van der Waals surface area contributed by atoms with Gasteiger partial charge in [-0.25, -0.2) is 4.79 Å². The average Bonchev–Trinajstić information content (AvgIpc) is 3.02. The summed E-state index contributed by atoms with van der Waals surface area (Å²) in [6.07, 6.45) is 0.0467. The van der Waals surface area contributed by atoms with Gasteiger partial charge in [0.15, 0.2) is 11.9 Å². The molecule has 0 fully saturated rings. The summed E-state index contributed by atoms with van der Waals surface area (Å²) in [7, 11) is 0. The van der Waals surface area contributed by atoms with Crippen molar-refractivity contribution in [2.24, 2.45) is 44.6 Å². The molecule has 5 atom stereocenters. The first-order valence-electron chi connectivity index (χ1n) is 16.1. The van der Waals surface area contributed by atoms with Gasteiger partial charge in [-0.1, -0.05) is 44.2 Å². The van der Waals surface area contributed by atoms with Gasteiger partial charge in [-0.3, -0.25) is 34.0 Å². The number of amides is 4. The van der Waals surface area contributed by atoms with E-state index in [1.807, 2.05) is 13.8 Å². The molecule has 1 rings (SSSR count). The second-order valence-corrected chi connectivity index (χ2v) is 12.0. The van der Waals surface area contributed by atoms with Gasteiger partial charge in [0.05, 0.1) is 12.5 Å². The number of aliphatic carboxylic acids is 2. The first-order chi connectivity index (χ1) is 23.5. The number of carbonyl (C=O) groups excluding carboxylic acids is 4. The van der Waals surface area contributed by atoms with Crippen molar-refractivity contribution >= 4 is 47.5 Å². The minimum atomic E-state index is -1.77. The summed E-state index contributed by atoms with van der Waals surface area (Å²) >= 11 is 0. The van der Waals surface area contributed by atoms with Crippen LogP contribution in [0, 0.1) is 5.92 Å². The van der Waals surface area contributed by atoms with Gasteiger partial charge in [0.2, 0.25) is 23.6 Å². The van der Waals surface area contributed by atoms with Crippen LogP contribution in [-0.2, 0) is 35.2 Å². The third-order valence-electron chi connectivity index (χ3n) is 7.13. The Hall–Kier alpha value is -5.46. The maximum Gasteiger partial charge on any atom is 0.326 e. The normalized spacial score (nSPS) is 13.8. The largest absolute Gasteiger partial charge is 0.481 e. The molecule has 0 radical (unpaired) electrons. The van der Waals surface area contributed by atoms with Gasteiger partial charge < -0.3 is 60.1 Å². The molecule has 0 unspecified atom stereocenters. The number of hydrogen-bond donors (Lipinski definition) is 11. The highest BCUT2D eigenvalue weighted by atomic mass is 16.4. The number of nitrogens with one attached hydrogen (secondary N) is 4. The molecule has 0 saturated carbocycles. The van der Waals surface area contributed by atoms with E-state index in [0.717, 1.165) is 0 Å². The van der Waals surface area contributed by atoms with Crippen LogP contribution in [0.1, 0.15) is 57.9 Å². The second-order valence-electron chi connectivity index (χ2n) is 12.0. The number of carboxylic acids is 2. The Kier molecular flexibility index (Phi) is 18.9. The van der Waals surface area contributed by atoms with Crippen molar-refractivity contribution in [3.05, 3.63) is 35.9 Å². The maximum absolute atomic E-state index is 13.7. The molecule has 4 amide bonds. The number of nitrogens with zero attached hydrogens (tertiary/aromatic N) is 2. The van der Waals surface area contributed by atoms with E-state index < -0.39 is 72.2 Å². The lowest BCUT2D eigenvalue weighted by molar-refractivity contribution is -0.147. The number of nitrogens with two attached hydrogens (primary N) is 5. The van der Waals surface area contributed by atoms with E-state index >= 15 is 0 Å². The Labute approximate surface area is 290 Å². The summed E-state index contributed by atoms with van der Waals surface area (Å²) in [6, 6.07) is 2.01. The van der Waals surface area contributed by atoms with Crippen LogP contribution in [0.3, 0.4) is 0 Å². The lowest BCUT2D eigenvalue weighted by Gasteiger charge is -2.27. The number of carbonyl (C=O) groups is 6. The Morgan fingerprint density at radius 1 is 0.680 bits per heavy atom. The number of benzene rings is 1. The summed E-state index contributed by atoms with van der Waals surface area (Å²) in [4.78, 5) is 84.2. The molecule has 1 aromatic carbocycles. The SMILES string of the molecule is CC(C)C[C@H](NC(=O)[C@@H](N)CCCN=C(N)N)C(=O)N[C@@H](CCCN=C(N)N)C(=O)N[C@@H](Cc1ccccc1)C(=O)N[C@@H](CC(=O)O)C(=O)O. The van der Waals surface area contributed by atoms with Crippen LogP contribution in [0.4, 0.5) is 0 Å². The molecule has 278 valence electrons. The number of guanidine groups is 2. The standard InChI is InChI=1S/C31H51N11O8/c1-17(2)14-21(40-25(45)19(32)10-6-12-37-30(33)34)27(47)39-20(11-7-13-38-31(35)36)26(46)41-22(15-18-8-4-3-5-9-18)28(48)42-23(29(49)50)16-24(43)44/h3-5,8-9,17,19-23H,6-7,10-16,32H2,1-2H3,(H,39,47)(H,40,45)(H,41,46)(H,42,48)(H,43,44)(H,49,50)(H4,33,34,37)(H4,35,36,38)/t19-,20-,21-,22-,23-/m0/s1. The van der Waals surface area contributed by atoms with Gasteiger partial charge in [-0.05, 0) is 43.6 Å². The monoisotopic (exact) mass is 705 g/mol. The molecule has 0 bridgehead atoms. The van der Waals surface area contributed by atoms with Gasteiger partial charge in [0.25, 0.3) is 0 Å². The average molecular weight is 706 g/mol. The molecule has 19 nitrogen and oxygen atoms in total. The number of hydrogen-bond acceptors (Lipinski definition) is 9. The molecular weight excluding hydrogens is 654 g/mol. The molecule has 50 heavy (non-hydrogen) atoms. The van der Waals surface area contributed by atoms with Gasteiger partial charge in [0, 0.05) is 19.5 Å². The van der Waals surface area contributed by atoms with Gasteiger partial charge in [-0.15, -0.1) is 0 Å². The van der Waals surface area contributed by atoms with Crippen molar-refractivity contribution in [1.82, 2.24) is 21.3 Å². The van der Waals surface area contributed by atoms with E-state index in [1.165, 1.54) is 0 Å². The third kappa shape index (κ3) is 17.6. The highest BCUT2D eigenvalue weighted by Crippen LogP contribution is 2.10. The van der Waals surface area contributed by atoms with Crippen molar-refractivity contribution in [1.29, 1.82) is 0 Å². The Morgan fingerprint density at radius 2 is 1.16 bits per heavy atom. The summed E-state index contributed by atoms with van der Waals surface area (Å²) in [6.45, 7) is 4.03. The molecule has 16 N–H and O–H groups in total. The molecule has 0 heterocycles.